The summed E-state index contributed by atoms with van der Waals surface area (Å²) in [6, 6.07) is 0.268. The molecule has 1 atom stereocenters. The lowest BCUT2D eigenvalue weighted by atomic mass is 10.1. The fourth-order valence-electron chi connectivity index (χ4n) is 0.953. The van der Waals surface area contributed by atoms with Crippen LogP contribution in [0.5, 0.6) is 0 Å². The number of nitrogens with one attached hydrogen (secondary N) is 1. The van der Waals surface area contributed by atoms with E-state index in [2.05, 4.69) is 10.3 Å². The zero-order chi connectivity index (χ0) is 11.2. The van der Waals surface area contributed by atoms with Crippen LogP contribution in [-0.4, -0.2) is 41.3 Å². The quantitative estimate of drug-likeness (QED) is 0.463. The molecule has 0 spiro atoms. The highest BCUT2D eigenvalue weighted by atomic mass is 32.2. The Hall–Kier alpha value is -0.420. The molecule has 0 bridgehead atoms. The van der Waals surface area contributed by atoms with Crippen LogP contribution in [0.2, 0.25) is 0 Å². The van der Waals surface area contributed by atoms with Crippen LogP contribution in [0.4, 0.5) is 0 Å². The van der Waals surface area contributed by atoms with E-state index in [1.165, 1.54) is 0 Å². The van der Waals surface area contributed by atoms with E-state index in [-0.39, 0.29) is 6.04 Å². The van der Waals surface area contributed by atoms with Gasteiger partial charge in [0.05, 0.1) is 12.1 Å². The van der Waals surface area contributed by atoms with Crippen LogP contribution in [0.15, 0.2) is 4.99 Å². The molecule has 0 fully saturated rings. The highest BCUT2D eigenvalue weighted by Gasteiger charge is 2.18. The van der Waals surface area contributed by atoms with E-state index in [9.17, 15) is 5.11 Å². The van der Waals surface area contributed by atoms with Crippen molar-refractivity contribution in [3.8, 4) is 0 Å². The van der Waals surface area contributed by atoms with Gasteiger partial charge in [-0.05, 0) is 27.0 Å². The summed E-state index contributed by atoms with van der Waals surface area (Å²) >= 11 is 1.59. The van der Waals surface area contributed by atoms with Crippen molar-refractivity contribution in [3.63, 3.8) is 0 Å². The van der Waals surface area contributed by atoms with Crippen molar-refractivity contribution in [2.24, 2.45) is 10.7 Å². The van der Waals surface area contributed by atoms with E-state index in [1.54, 1.807) is 18.7 Å². The van der Waals surface area contributed by atoms with E-state index in [0.29, 0.717) is 18.3 Å². The maximum Gasteiger partial charge on any atom is 0.188 e. The summed E-state index contributed by atoms with van der Waals surface area (Å²) in [6.07, 6.45) is 1.95. The third-order valence-corrected chi connectivity index (χ3v) is 2.39. The second-order valence-electron chi connectivity index (χ2n) is 3.93. The van der Waals surface area contributed by atoms with Gasteiger partial charge in [0.2, 0.25) is 0 Å². The Bertz CT molecular complexity index is 192. The lowest BCUT2D eigenvalue weighted by Crippen LogP contribution is -2.39. The van der Waals surface area contributed by atoms with Crippen LogP contribution in [0.1, 0.15) is 20.8 Å². The number of hydrogen-bond acceptors (Lipinski definition) is 3. The van der Waals surface area contributed by atoms with Crippen molar-refractivity contribution in [2.45, 2.75) is 32.4 Å². The minimum Gasteiger partial charge on any atom is -0.387 e. The van der Waals surface area contributed by atoms with Gasteiger partial charge in [0.1, 0.15) is 0 Å². The van der Waals surface area contributed by atoms with Gasteiger partial charge in [-0.25, -0.2) is 0 Å². The summed E-state index contributed by atoms with van der Waals surface area (Å²) in [7, 11) is 0. The topological polar surface area (TPSA) is 70.6 Å². The van der Waals surface area contributed by atoms with E-state index in [1.807, 2.05) is 20.1 Å². The van der Waals surface area contributed by atoms with Crippen molar-refractivity contribution in [1.82, 2.24) is 5.32 Å². The molecule has 4 nitrogen and oxygen atoms in total. The van der Waals surface area contributed by atoms with Crippen LogP contribution < -0.4 is 11.1 Å². The molecule has 14 heavy (non-hydrogen) atoms. The van der Waals surface area contributed by atoms with Crippen LogP contribution in [0.3, 0.4) is 0 Å². The third kappa shape index (κ3) is 7.03. The Labute approximate surface area is 90.4 Å². The molecule has 0 rings (SSSR count). The van der Waals surface area contributed by atoms with Crippen LogP contribution in [0.25, 0.3) is 0 Å². The van der Waals surface area contributed by atoms with E-state index < -0.39 is 5.60 Å². The number of rotatable bonds is 5. The number of nitrogens with two attached hydrogens (primary N) is 1. The maximum atomic E-state index is 9.79. The molecule has 84 valence electrons. The predicted octanol–water partition coefficient (Wildman–Crippen LogP) is 0.413. The number of hydrogen-bond donors (Lipinski definition) is 3. The highest BCUT2D eigenvalue weighted by molar-refractivity contribution is 7.98. The molecule has 0 amide bonds. The highest BCUT2D eigenvalue weighted by Crippen LogP contribution is 2.10. The normalized spacial score (nSPS) is 16.9. The van der Waals surface area contributed by atoms with Crippen LogP contribution >= 0.6 is 11.8 Å². The van der Waals surface area contributed by atoms with Crippen LogP contribution in [-0.2, 0) is 0 Å². The monoisotopic (exact) mass is 219 g/mol. The average Bonchev–Trinajstić information content (AvgIpc) is 2.00. The molecule has 1 unspecified atom stereocenters. The smallest absolute Gasteiger partial charge is 0.188 e. The van der Waals surface area contributed by atoms with Crippen LogP contribution in [0, 0.1) is 0 Å². The Kier molecular flexibility index (Phi) is 5.95. The first-order valence-corrected chi connectivity index (χ1v) is 6.04. The van der Waals surface area contributed by atoms with Crippen molar-refractivity contribution < 1.29 is 5.11 Å². The minimum atomic E-state index is -0.775. The van der Waals surface area contributed by atoms with Crippen molar-refractivity contribution in [1.29, 1.82) is 0 Å². The minimum absolute atomic E-state index is 0.268. The second-order valence-corrected chi connectivity index (χ2v) is 4.80. The predicted molar refractivity (Wildman–Crippen MR) is 63.8 cm³/mol. The first kappa shape index (κ1) is 13.6. The molecule has 0 heterocycles. The van der Waals surface area contributed by atoms with Gasteiger partial charge >= 0.3 is 0 Å². The Morgan fingerprint density at radius 2 is 2.21 bits per heavy atom. The molecule has 0 aromatic rings. The molecule has 0 aromatic heterocycles. The summed E-state index contributed by atoms with van der Waals surface area (Å²) in [4.78, 5) is 4.07. The summed E-state index contributed by atoms with van der Waals surface area (Å²) in [5.74, 6) is 1.05. The molecule has 0 saturated carbocycles. The van der Waals surface area contributed by atoms with Gasteiger partial charge in [0.15, 0.2) is 5.96 Å². The Balaban J connectivity index is 4.00. The first-order chi connectivity index (χ1) is 6.37. The number of guanidine groups is 1. The lowest BCUT2D eigenvalue weighted by Gasteiger charge is -2.20. The molecule has 4 N–H and O–H groups in total. The molecule has 0 aliphatic rings. The van der Waals surface area contributed by atoms with Gasteiger partial charge in [0, 0.05) is 11.8 Å². The fraction of sp³-hybridized carbons (Fsp3) is 0.889. The summed E-state index contributed by atoms with van der Waals surface area (Å²) in [6.45, 7) is 6.07. The Morgan fingerprint density at radius 3 is 2.64 bits per heavy atom. The van der Waals surface area contributed by atoms with Crippen molar-refractivity contribution >= 4 is 17.7 Å². The zero-order valence-electron chi connectivity index (χ0n) is 9.37. The number of aliphatic imine (C=N–C) groups is 1. The van der Waals surface area contributed by atoms with Gasteiger partial charge < -0.3 is 16.2 Å². The third-order valence-electron chi connectivity index (χ3n) is 1.48. The molecule has 0 aliphatic carbocycles. The number of aliphatic hydroxyl groups is 1. The summed E-state index contributed by atoms with van der Waals surface area (Å²) in [5, 5.41) is 12.8. The molecule has 0 aliphatic heterocycles. The maximum absolute atomic E-state index is 9.79. The van der Waals surface area contributed by atoms with Gasteiger partial charge in [-0.1, -0.05) is 0 Å². The zero-order valence-corrected chi connectivity index (χ0v) is 10.2. The largest absolute Gasteiger partial charge is 0.387 e. The lowest BCUT2D eigenvalue weighted by molar-refractivity contribution is 0.0955. The second kappa shape index (κ2) is 6.14. The molecule has 5 heteroatoms. The average molecular weight is 219 g/mol. The first-order valence-electron chi connectivity index (χ1n) is 4.65. The van der Waals surface area contributed by atoms with E-state index >= 15 is 0 Å². The van der Waals surface area contributed by atoms with E-state index in [0.717, 1.165) is 0 Å². The molecule has 0 aromatic carbocycles. The fourth-order valence-corrected chi connectivity index (χ4v) is 1.67. The molecular weight excluding hydrogens is 198 g/mol. The van der Waals surface area contributed by atoms with Gasteiger partial charge in [-0.2, -0.15) is 11.8 Å². The van der Waals surface area contributed by atoms with Crippen molar-refractivity contribution in [2.75, 3.05) is 18.6 Å². The molecular formula is C9H21N3OS. The van der Waals surface area contributed by atoms with Crippen molar-refractivity contribution in [3.05, 3.63) is 0 Å². The molecule has 0 saturated heterocycles. The standard InChI is InChI=1S/C9H21N3OS/c1-7(2)12-8(10)11-5-9(3,13)6-14-4/h7,13H,5-6H2,1-4H3,(H3,10,11,12). The van der Waals surface area contributed by atoms with Gasteiger partial charge in [-0.3, -0.25) is 4.99 Å². The van der Waals surface area contributed by atoms with Gasteiger partial charge in [-0.15, -0.1) is 0 Å². The van der Waals surface area contributed by atoms with E-state index in [4.69, 9.17) is 5.73 Å². The summed E-state index contributed by atoms with van der Waals surface area (Å²) in [5.41, 5.74) is 4.82. The Morgan fingerprint density at radius 1 is 1.64 bits per heavy atom. The summed E-state index contributed by atoms with van der Waals surface area (Å²) < 4.78 is 0. The molecule has 0 radical (unpaired) electrons. The number of thioether (sulfide) groups is 1. The van der Waals surface area contributed by atoms with Gasteiger partial charge in [0.25, 0.3) is 0 Å². The number of nitrogens with zero attached hydrogens (tertiary/aromatic N) is 1. The SMILES string of the molecule is CSCC(C)(O)CN=C(N)NC(C)C.